The molecule has 0 bridgehead atoms. The summed E-state index contributed by atoms with van der Waals surface area (Å²) in [4.78, 5) is 18.2. The lowest BCUT2D eigenvalue weighted by molar-refractivity contribution is -0.274. The summed E-state index contributed by atoms with van der Waals surface area (Å²) >= 11 is 0. The third kappa shape index (κ3) is 3.15. The molecule has 8 heteroatoms. The lowest BCUT2D eigenvalue weighted by atomic mass is 9.83. The normalized spacial score (nSPS) is 15.3. The number of aromatic carboxylic acids is 1. The average molecular weight is 326 g/mol. The van der Waals surface area contributed by atoms with E-state index < -0.39 is 18.1 Å². The maximum absolute atomic E-state index is 12.5. The second kappa shape index (κ2) is 5.60. The van der Waals surface area contributed by atoms with Gasteiger partial charge in [0.2, 0.25) is 0 Å². The van der Waals surface area contributed by atoms with E-state index in [0.29, 0.717) is 5.69 Å². The van der Waals surface area contributed by atoms with Gasteiger partial charge in [-0.1, -0.05) is 6.42 Å². The van der Waals surface area contributed by atoms with Crippen LogP contribution >= 0.6 is 0 Å². The smallest absolute Gasteiger partial charge is 0.478 e. The van der Waals surface area contributed by atoms with E-state index in [1.54, 1.807) is 0 Å². The van der Waals surface area contributed by atoms with Crippen molar-refractivity contribution in [3.8, 4) is 17.1 Å². The van der Waals surface area contributed by atoms with Crippen LogP contribution in [0, 0.1) is 0 Å². The van der Waals surface area contributed by atoms with E-state index in [1.807, 2.05) is 0 Å². The second-order valence-electron chi connectivity index (χ2n) is 5.34. The molecule has 0 spiro atoms. The second-order valence-corrected chi connectivity index (χ2v) is 5.34. The molecule has 2 N–H and O–H groups in total. The van der Waals surface area contributed by atoms with Crippen molar-refractivity contribution < 1.29 is 27.8 Å². The van der Waals surface area contributed by atoms with E-state index in [2.05, 4.69) is 14.7 Å². The largest absolute Gasteiger partial charge is 0.573 e. The molecule has 0 aliphatic heterocycles. The van der Waals surface area contributed by atoms with Crippen molar-refractivity contribution in [1.82, 2.24) is 9.97 Å². The highest BCUT2D eigenvalue weighted by Gasteiger charge is 2.34. The summed E-state index contributed by atoms with van der Waals surface area (Å²) in [5.41, 5.74) is 0.442. The fraction of sp³-hybridized carbons (Fsp3) is 0.333. The molecule has 2 aromatic rings. The number of rotatable bonds is 4. The number of aromatic nitrogens is 2. The van der Waals surface area contributed by atoms with Crippen LogP contribution < -0.4 is 4.74 Å². The first-order valence-electron chi connectivity index (χ1n) is 7.02. The SMILES string of the molecule is O=C(O)c1cc(C2CCC2)[nH]c1-c1ncccc1OC(F)(F)F. The minimum atomic E-state index is -4.88. The predicted molar refractivity (Wildman–Crippen MR) is 74.3 cm³/mol. The van der Waals surface area contributed by atoms with E-state index in [-0.39, 0.29) is 22.9 Å². The molecule has 1 aliphatic carbocycles. The monoisotopic (exact) mass is 326 g/mol. The van der Waals surface area contributed by atoms with Gasteiger partial charge >= 0.3 is 12.3 Å². The fourth-order valence-corrected chi connectivity index (χ4v) is 2.56. The van der Waals surface area contributed by atoms with Gasteiger partial charge in [0.05, 0.1) is 11.3 Å². The number of nitrogens with one attached hydrogen (secondary N) is 1. The molecule has 0 aromatic carbocycles. The Bertz CT molecular complexity index is 736. The third-order valence-corrected chi connectivity index (χ3v) is 3.85. The zero-order chi connectivity index (χ0) is 16.6. The van der Waals surface area contributed by atoms with Crippen molar-refractivity contribution in [2.24, 2.45) is 0 Å². The molecule has 1 fully saturated rings. The molecule has 0 amide bonds. The van der Waals surface area contributed by atoms with E-state index in [9.17, 15) is 23.1 Å². The van der Waals surface area contributed by atoms with Crippen molar-refractivity contribution in [3.05, 3.63) is 35.7 Å². The standard InChI is InChI=1S/C15H13F3N2O3/c16-15(17,18)23-11-5-2-6-19-13(11)12-9(14(21)22)7-10(20-12)8-3-1-4-8/h2,5-8,20H,1,3-4H2,(H,21,22). The van der Waals surface area contributed by atoms with Crippen LogP contribution in [-0.4, -0.2) is 27.4 Å². The first-order chi connectivity index (χ1) is 10.8. The predicted octanol–water partition coefficient (Wildman–Crippen LogP) is 3.94. The molecule has 2 heterocycles. The van der Waals surface area contributed by atoms with Crippen LogP contribution in [0.1, 0.15) is 41.2 Å². The van der Waals surface area contributed by atoms with Crippen LogP contribution in [0.25, 0.3) is 11.4 Å². The Morgan fingerprint density at radius 1 is 1.39 bits per heavy atom. The number of aromatic amines is 1. The number of alkyl halides is 3. The van der Waals surface area contributed by atoms with Gasteiger partial charge in [0.15, 0.2) is 5.75 Å². The Kier molecular flexibility index (Phi) is 3.75. The zero-order valence-electron chi connectivity index (χ0n) is 11.9. The lowest BCUT2D eigenvalue weighted by Crippen LogP contribution is -2.18. The minimum absolute atomic E-state index is 0.0271. The van der Waals surface area contributed by atoms with Gasteiger partial charge in [-0.3, -0.25) is 4.98 Å². The number of carbonyl (C=O) groups is 1. The maximum Gasteiger partial charge on any atom is 0.573 e. The number of nitrogens with zero attached hydrogens (tertiary/aromatic N) is 1. The van der Waals surface area contributed by atoms with Gasteiger partial charge in [-0.2, -0.15) is 0 Å². The zero-order valence-corrected chi connectivity index (χ0v) is 11.9. The Morgan fingerprint density at radius 2 is 2.13 bits per heavy atom. The van der Waals surface area contributed by atoms with Crippen LogP contribution in [0.15, 0.2) is 24.4 Å². The van der Waals surface area contributed by atoms with Crippen molar-refractivity contribution in [2.45, 2.75) is 31.5 Å². The highest BCUT2D eigenvalue weighted by molar-refractivity contribution is 5.95. The number of pyridine rings is 1. The summed E-state index contributed by atoms with van der Waals surface area (Å²) in [7, 11) is 0. The van der Waals surface area contributed by atoms with Crippen molar-refractivity contribution in [3.63, 3.8) is 0 Å². The Labute approximate surface area is 129 Å². The number of ether oxygens (including phenoxy) is 1. The number of H-pyrrole nitrogens is 1. The summed E-state index contributed by atoms with van der Waals surface area (Å²) < 4.78 is 41.5. The van der Waals surface area contributed by atoms with Crippen molar-refractivity contribution in [1.29, 1.82) is 0 Å². The first kappa shape index (κ1) is 15.4. The van der Waals surface area contributed by atoms with Crippen molar-refractivity contribution >= 4 is 5.97 Å². The van der Waals surface area contributed by atoms with Crippen LogP contribution in [0.2, 0.25) is 0 Å². The molecule has 0 unspecified atom stereocenters. The van der Waals surface area contributed by atoms with Crippen molar-refractivity contribution in [2.75, 3.05) is 0 Å². The Balaban J connectivity index is 2.07. The lowest BCUT2D eigenvalue weighted by Gasteiger charge is -2.24. The molecule has 23 heavy (non-hydrogen) atoms. The highest BCUT2D eigenvalue weighted by Crippen LogP contribution is 2.40. The molecule has 3 rings (SSSR count). The summed E-state index contributed by atoms with van der Waals surface area (Å²) in [6, 6.07) is 3.86. The molecular weight excluding hydrogens is 313 g/mol. The van der Waals surface area contributed by atoms with Crippen LogP contribution in [0.4, 0.5) is 13.2 Å². The van der Waals surface area contributed by atoms with Gasteiger partial charge < -0.3 is 14.8 Å². The van der Waals surface area contributed by atoms with Gasteiger partial charge in [-0.05, 0) is 37.0 Å². The van der Waals surface area contributed by atoms with Crippen LogP contribution in [-0.2, 0) is 0 Å². The molecular formula is C15H13F3N2O3. The van der Waals surface area contributed by atoms with Gasteiger partial charge in [0.25, 0.3) is 0 Å². The molecule has 5 nitrogen and oxygen atoms in total. The summed E-state index contributed by atoms with van der Waals surface area (Å²) in [5.74, 6) is -1.56. The topological polar surface area (TPSA) is 75.2 Å². The van der Waals surface area contributed by atoms with E-state index in [1.165, 1.54) is 18.3 Å². The molecule has 0 atom stereocenters. The first-order valence-corrected chi connectivity index (χ1v) is 7.02. The van der Waals surface area contributed by atoms with Gasteiger partial charge in [-0.15, -0.1) is 13.2 Å². The molecule has 0 saturated heterocycles. The van der Waals surface area contributed by atoms with Gasteiger partial charge in [0, 0.05) is 11.9 Å². The van der Waals surface area contributed by atoms with Crippen LogP contribution in [0.3, 0.4) is 0 Å². The van der Waals surface area contributed by atoms with E-state index in [0.717, 1.165) is 25.3 Å². The number of hydrogen-bond acceptors (Lipinski definition) is 3. The summed E-state index contributed by atoms with van der Waals surface area (Å²) in [6.07, 6.45) is -0.702. The molecule has 2 aromatic heterocycles. The Hall–Kier alpha value is -2.51. The van der Waals surface area contributed by atoms with Gasteiger partial charge in [0.1, 0.15) is 5.69 Å². The quantitative estimate of drug-likeness (QED) is 0.892. The fourth-order valence-electron chi connectivity index (χ4n) is 2.56. The number of halogens is 3. The van der Waals surface area contributed by atoms with E-state index >= 15 is 0 Å². The van der Waals surface area contributed by atoms with Crippen LogP contribution in [0.5, 0.6) is 5.75 Å². The molecule has 0 radical (unpaired) electrons. The third-order valence-electron chi connectivity index (χ3n) is 3.85. The Morgan fingerprint density at radius 3 is 2.70 bits per heavy atom. The molecule has 1 aliphatic rings. The summed E-state index contributed by atoms with van der Waals surface area (Å²) in [5, 5.41) is 9.33. The molecule has 1 saturated carbocycles. The highest BCUT2D eigenvalue weighted by atomic mass is 19.4. The average Bonchev–Trinajstić information content (AvgIpc) is 2.80. The van der Waals surface area contributed by atoms with Gasteiger partial charge in [-0.25, -0.2) is 4.79 Å². The maximum atomic E-state index is 12.5. The molecule has 122 valence electrons. The number of carboxylic acid groups (broad SMARTS) is 1. The number of carboxylic acids is 1. The number of hydrogen-bond donors (Lipinski definition) is 2. The summed E-state index contributed by atoms with van der Waals surface area (Å²) in [6.45, 7) is 0. The minimum Gasteiger partial charge on any atom is -0.478 e. The van der Waals surface area contributed by atoms with E-state index in [4.69, 9.17) is 0 Å².